The number of hydrogen-bond donors (Lipinski definition) is 1. The lowest BCUT2D eigenvalue weighted by Gasteiger charge is -2.05. The minimum Gasteiger partial charge on any atom is -0.360 e. The second-order valence-electron chi connectivity index (χ2n) is 2.63. The fourth-order valence-corrected chi connectivity index (χ4v) is 1.97. The molecule has 4 nitrogen and oxygen atoms in total. The molecular weight excluding hydrogens is 218 g/mol. The molecule has 0 aromatic carbocycles. The highest BCUT2D eigenvalue weighted by atomic mass is 32.2. The summed E-state index contributed by atoms with van der Waals surface area (Å²) >= 11 is 6.29. The van der Waals surface area contributed by atoms with Gasteiger partial charge in [-0.25, -0.2) is 0 Å². The number of rotatable bonds is 2. The molecule has 0 radical (unpaired) electrons. The number of nitrogens with one attached hydrogen (secondary N) is 1. The van der Waals surface area contributed by atoms with Gasteiger partial charge in [0.2, 0.25) is 0 Å². The molecule has 0 atom stereocenters. The van der Waals surface area contributed by atoms with Crippen molar-refractivity contribution in [1.82, 2.24) is 9.99 Å². The van der Waals surface area contributed by atoms with Gasteiger partial charge in [-0.1, -0.05) is 24.0 Å². The zero-order valence-electron chi connectivity index (χ0n) is 7.14. The Kier molecular flexibility index (Phi) is 2.64. The Morgan fingerprint density at radius 3 is 3.14 bits per heavy atom. The molecule has 0 unspecified atom stereocenters. The summed E-state index contributed by atoms with van der Waals surface area (Å²) in [5, 5.41) is 5.24. The van der Waals surface area contributed by atoms with Gasteiger partial charge in [-0.3, -0.25) is 4.79 Å². The van der Waals surface area contributed by atoms with Gasteiger partial charge in [-0.2, -0.15) is 10.1 Å². The lowest BCUT2D eigenvalue weighted by atomic mass is 10.5. The zero-order chi connectivity index (χ0) is 9.97. The molecule has 1 amide bonds. The van der Waals surface area contributed by atoms with Crippen molar-refractivity contribution < 1.29 is 4.79 Å². The number of hydrogen-bond acceptors (Lipinski definition) is 4. The van der Waals surface area contributed by atoms with Crippen LogP contribution in [-0.2, 0) is 4.79 Å². The number of nitrogens with zero attached hydrogens (tertiary/aromatic N) is 2. The molecule has 0 spiro atoms. The van der Waals surface area contributed by atoms with Gasteiger partial charge < -0.3 is 4.98 Å². The van der Waals surface area contributed by atoms with E-state index in [0.717, 1.165) is 5.69 Å². The lowest BCUT2D eigenvalue weighted by Crippen LogP contribution is -2.22. The van der Waals surface area contributed by atoms with Gasteiger partial charge in [0.1, 0.15) is 0 Å². The van der Waals surface area contributed by atoms with Crippen molar-refractivity contribution in [3.8, 4) is 0 Å². The van der Waals surface area contributed by atoms with Gasteiger partial charge in [0, 0.05) is 6.20 Å². The van der Waals surface area contributed by atoms with Crippen LogP contribution >= 0.6 is 24.0 Å². The SMILES string of the molecule is O=C1CSC(=S)N1/N=C/c1ccc[nH]1. The van der Waals surface area contributed by atoms with Gasteiger partial charge >= 0.3 is 0 Å². The lowest BCUT2D eigenvalue weighted by molar-refractivity contribution is -0.123. The van der Waals surface area contributed by atoms with E-state index in [0.29, 0.717) is 10.1 Å². The summed E-state index contributed by atoms with van der Waals surface area (Å²) < 4.78 is 0.512. The predicted molar refractivity (Wildman–Crippen MR) is 60.3 cm³/mol. The van der Waals surface area contributed by atoms with E-state index in [1.54, 1.807) is 12.4 Å². The Bertz CT molecular complexity index is 369. The van der Waals surface area contributed by atoms with Crippen LogP contribution in [0.15, 0.2) is 23.4 Å². The minimum absolute atomic E-state index is 0.0668. The van der Waals surface area contributed by atoms with Gasteiger partial charge in [0.25, 0.3) is 5.91 Å². The first-order chi connectivity index (χ1) is 6.77. The molecule has 14 heavy (non-hydrogen) atoms. The van der Waals surface area contributed by atoms with E-state index in [2.05, 4.69) is 10.1 Å². The van der Waals surface area contributed by atoms with E-state index >= 15 is 0 Å². The molecular formula is C8H7N3OS2. The first kappa shape index (κ1) is 9.42. The Labute approximate surface area is 90.4 Å². The Morgan fingerprint density at radius 1 is 1.71 bits per heavy atom. The molecule has 1 saturated heterocycles. The molecule has 6 heteroatoms. The molecule has 0 bridgehead atoms. The highest BCUT2D eigenvalue weighted by Gasteiger charge is 2.25. The average Bonchev–Trinajstić information content (AvgIpc) is 2.76. The van der Waals surface area contributed by atoms with Crippen molar-refractivity contribution in [2.45, 2.75) is 0 Å². The molecule has 1 fully saturated rings. The van der Waals surface area contributed by atoms with Crippen LogP contribution in [0.1, 0.15) is 5.69 Å². The van der Waals surface area contributed by atoms with Crippen molar-refractivity contribution >= 4 is 40.4 Å². The van der Waals surface area contributed by atoms with Crippen molar-refractivity contribution in [2.75, 3.05) is 5.75 Å². The summed E-state index contributed by atoms with van der Waals surface area (Å²) in [6.07, 6.45) is 3.37. The van der Waals surface area contributed by atoms with Gasteiger partial charge in [-0.05, 0) is 12.1 Å². The number of carbonyl (C=O) groups excluding carboxylic acids is 1. The van der Waals surface area contributed by atoms with Gasteiger partial charge in [0.05, 0.1) is 17.7 Å². The molecule has 1 aromatic heterocycles. The smallest absolute Gasteiger partial charge is 0.259 e. The maximum Gasteiger partial charge on any atom is 0.259 e. The van der Waals surface area contributed by atoms with E-state index in [1.807, 2.05) is 12.1 Å². The van der Waals surface area contributed by atoms with E-state index < -0.39 is 0 Å². The number of thioether (sulfide) groups is 1. The van der Waals surface area contributed by atoms with E-state index in [9.17, 15) is 4.79 Å². The topological polar surface area (TPSA) is 48.5 Å². The zero-order valence-corrected chi connectivity index (χ0v) is 8.77. The number of carbonyl (C=O) groups is 1. The number of amides is 1. The fraction of sp³-hybridized carbons (Fsp3) is 0.125. The molecule has 72 valence electrons. The maximum atomic E-state index is 11.2. The number of H-pyrrole nitrogens is 1. The predicted octanol–water partition coefficient (Wildman–Crippen LogP) is 1.21. The van der Waals surface area contributed by atoms with E-state index in [1.165, 1.54) is 16.8 Å². The quantitative estimate of drug-likeness (QED) is 0.608. The summed E-state index contributed by atoms with van der Waals surface area (Å²) in [5.74, 6) is 0.323. The summed E-state index contributed by atoms with van der Waals surface area (Å²) in [6, 6.07) is 3.72. The number of aromatic nitrogens is 1. The standard InChI is InChI=1S/C8H7N3OS2/c12-7-5-14-8(13)11(7)10-4-6-2-1-3-9-6/h1-4,9H,5H2/b10-4+. The van der Waals surface area contributed by atoms with Crippen LogP contribution in [0.25, 0.3) is 0 Å². The number of thiocarbonyl (C=S) groups is 1. The third-order valence-corrected chi connectivity index (χ3v) is 3.00. The summed E-state index contributed by atoms with van der Waals surface area (Å²) in [5.41, 5.74) is 0.845. The summed E-state index contributed by atoms with van der Waals surface area (Å²) in [4.78, 5) is 14.2. The van der Waals surface area contributed by atoms with Crippen molar-refractivity contribution in [3.05, 3.63) is 24.0 Å². The Morgan fingerprint density at radius 2 is 2.57 bits per heavy atom. The van der Waals surface area contributed by atoms with E-state index in [4.69, 9.17) is 12.2 Å². The van der Waals surface area contributed by atoms with Crippen LogP contribution in [0.4, 0.5) is 0 Å². The monoisotopic (exact) mass is 225 g/mol. The Hall–Kier alpha value is -1.14. The molecule has 2 rings (SSSR count). The second kappa shape index (κ2) is 3.93. The Balaban J connectivity index is 2.10. The average molecular weight is 225 g/mol. The molecule has 0 saturated carbocycles. The third kappa shape index (κ3) is 1.85. The highest BCUT2D eigenvalue weighted by Crippen LogP contribution is 2.19. The molecule has 1 aliphatic rings. The minimum atomic E-state index is -0.0668. The fourth-order valence-electron chi connectivity index (χ4n) is 1.00. The molecule has 0 aliphatic carbocycles. The van der Waals surface area contributed by atoms with Gasteiger partial charge in [-0.15, -0.1) is 0 Å². The normalized spacial score (nSPS) is 17.3. The van der Waals surface area contributed by atoms with Crippen LogP contribution in [-0.4, -0.2) is 32.2 Å². The highest BCUT2D eigenvalue weighted by molar-refractivity contribution is 8.23. The summed E-state index contributed by atoms with van der Waals surface area (Å²) in [7, 11) is 0. The first-order valence-corrected chi connectivity index (χ1v) is 5.34. The van der Waals surface area contributed by atoms with Crippen LogP contribution in [0, 0.1) is 0 Å². The van der Waals surface area contributed by atoms with Crippen molar-refractivity contribution in [2.24, 2.45) is 5.10 Å². The number of hydrazone groups is 1. The third-order valence-electron chi connectivity index (χ3n) is 1.66. The number of aromatic amines is 1. The maximum absolute atomic E-state index is 11.2. The summed E-state index contributed by atoms with van der Waals surface area (Å²) in [6.45, 7) is 0. The second-order valence-corrected chi connectivity index (χ2v) is 4.24. The van der Waals surface area contributed by atoms with Crippen LogP contribution in [0.5, 0.6) is 0 Å². The molecule has 2 heterocycles. The molecule has 1 N–H and O–H groups in total. The van der Waals surface area contributed by atoms with Gasteiger partial charge in [0.15, 0.2) is 4.32 Å². The molecule has 1 aromatic rings. The largest absolute Gasteiger partial charge is 0.360 e. The van der Waals surface area contributed by atoms with Crippen molar-refractivity contribution in [3.63, 3.8) is 0 Å². The van der Waals surface area contributed by atoms with Crippen LogP contribution < -0.4 is 0 Å². The van der Waals surface area contributed by atoms with Crippen molar-refractivity contribution in [1.29, 1.82) is 0 Å². The van der Waals surface area contributed by atoms with Crippen LogP contribution in [0.3, 0.4) is 0 Å². The first-order valence-electron chi connectivity index (χ1n) is 3.94. The van der Waals surface area contributed by atoms with Crippen LogP contribution in [0.2, 0.25) is 0 Å². The van der Waals surface area contributed by atoms with E-state index in [-0.39, 0.29) is 5.91 Å². The molecule has 1 aliphatic heterocycles.